The van der Waals surface area contributed by atoms with Crippen molar-refractivity contribution in [3.05, 3.63) is 44.8 Å². The molecule has 10 heteroatoms. The number of hydrogen-bond donors (Lipinski definition) is 2. The van der Waals surface area contributed by atoms with Gasteiger partial charge in [0.25, 0.3) is 15.7 Å². The maximum Gasteiger partial charge on any atom is 0.279 e. The number of nitro groups is 1. The van der Waals surface area contributed by atoms with Crippen LogP contribution in [0.1, 0.15) is 5.82 Å². The number of imidazole rings is 1. The molecule has 1 aromatic carbocycles. The lowest BCUT2D eigenvalue weighted by Crippen LogP contribution is -2.14. The molecule has 0 amide bonds. The lowest BCUT2D eigenvalue weighted by molar-refractivity contribution is -0.384. The van der Waals surface area contributed by atoms with Crippen LogP contribution in [-0.2, 0) is 10.0 Å². The molecule has 0 unspecified atom stereocenters. The number of aryl methyl sites for hydroxylation is 1. The van der Waals surface area contributed by atoms with Crippen LogP contribution in [0.3, 0.4) is 0 Å². The number of halogens is 1. The van der Waals surface area contributed by atoms with E-state index in [0.717, 1.165) is 6.07 Å². The molecule has 2 aromatic rings. The minimum Gasteiger partial charge on any atom is -0.332 e. The Balaban J connectivity index is 2.39. The molecule has 0 bridgehead atoms. The Morgan fingerprint density at radius 1 is 1.45 bits per heavy atom. The summed E-state index contributed by atoms with van der Waals surface area (Å²) in [6.45, 7) is 1.61. The molecule has 2 rings (SSSR count). The van der Waals surface area contributed by atoms with Crippen molar-refractivity contribution in [1.82, 2.24) is 9.97 Å². The molecule has 8 nitrogen and oxygen atoms in total. The van der Waals surface area contributed by atoms with Gasteiger partial charge in [-0.3, -0.25) is 14.8 Å². The van der Waals surface area contributed by atoms with E-state index < -0.39 is 14.9 Å². The van der Waals surface area contributed by atoms with Crippen molar-refractivity contribution in [1.29, 1.82) is 0 Å². The molecule has 0 radical (unpaired) electrons. The van der Waals surface area contributed by atoms with E-state index in [9.17, 15) is 18.5 Å². The summed E-state index contributed by atoms with van der Waals surface area (Å²) in [5.74, 6) is 0.448. The first-order valence-electron chi connectivity index (χ1n) is 5.28. The fourth-order valence-electron chi connectivity index (χ4n) is 1.44. The standard InChI is InChI=1S/C10H9BrN4O4S/c1-6-12-5-10(13-6)20(18,19)14-9-4-7(15(16)17)2-3-8(9)11/h2-5,14H,1H3,(H,12,13). The van der Waals surface area contributed by atoms with Gasteiger partial charge >= 0.3 is 0 Å². The molecule has 1 aromatic heterocycles. The third-order valence-electron chi connectivity index (χ3n) is 2.37. The molecule has 0 saturated heterocycles. The summed E-state index contributed by atoms with van der Waals surface area (Å²) < 4.78 is 26.8. The van der Waals surface area contributed by atoms with Crippen LogP contribution >= 0.6 is 15.9 Å². The lowest BCUT2D eigenvalue weighted by atomic mass is 10.3. The predicted molar refractivity (Wildman–Crippen MR) is 74.9 cm³/mol. The fraction of sp³-hybridized carbons (Fsp3) is 0.100. The normalized spacial score (nSPS) is 11.3. The van der Waals surface area contributed by atoms with E-state index >= 15 is 0 Å². The molecule has 1 heterocycles. The van der Waals surface area contributed by atoms with Gasteiger partial charge in [-0.15, -0.1) is 0 Å². The van der Waals surface area contributed by atoms with E-state index in [1.54, 1.807) is 6.92 Å². The second kappa shape index (κ2) is 5.21. The topological polar surface area (TPSA) is 118 Å². The van der Waals surface area contributed by atoms with Gasteiger partial charge in [0.05, 0.1) is 16.8 Å². The maximum absolute atomic E-state index is 12.1. The number of benzene rings is 1. The second-order valence-corrected chi connectivity index (χ2v) is 6.36. The number of aromatic amines is 1. The number of non-ortho nitro benzene ring substituents is 1. The molecule has 0 spiro atoms. The summed E-state index contributed by atoms with van der Waals surface area (Å²) in [5.41, 5.74) is -0.141. The zero-order valence-electron chi connectivity index (χ0n) is 10.1. The van der Waals surface area contributed by atoms with Crippen LogP contribution < -0.4 is 4.72 Å². The van der Waals surface area contributed by atoms with Crippen LogP contribution in [0.2, 0.25) is 0 Å². The summed E-state index contributed by atoms with van der Waals surface area (Å²) in [7, 11) is -3.88. The highest BCUT2D eigenvalue weighted by Gasteiger charge is 2.19. The fourth-order valence-corrected chi connectivity index (χ4v) is 2.96. The van der Waals surface area contributed by atoms with Crippen LogP contribution in [-0.4, -0.2) is 23.3 Å². The molecule has 0 aliphatic heterocycles. The van der Waals surface area contributed by atoms with Crippen LogP contribution in [0.5, 0.6) is 0 Å². The Hall–Kier alpha value is -1.94. The number of nitrogens with zero attached hydrogens (tertiary/aromatic N) is 2. The van der Waals surface area contributed by atoms with E-state index in [0.29, 0.717) is 10.3 Å². The Bertz CT molecular complexity index is 771. The maximum atomic E-state index is 12.1. The molecule has 0 aliphatic carbocycles. The zero-order chi connectivity index (χ0) is 14.9. The molecule has 0 saturated carbocycles. The quantitative estimate of drug-likeness (QED) is 0.639. The summed E-state index contributed by atoms with van der Waals surface area (Å²) >= 11 is 3.13. The first-order valence-corrected chi connectivity index (χ1v) is 7.55. The number of nitro benzene ring substituents is 1. The monoisotopic (exact) mass is 360 g/mol. The van der Waals surface area contributed by atoms with Gasteiger partial charge in [0.1, 0.15) is 5.82 Å². The average Bonchev–Trinajstić information content (AvgIpc) is 2.79. The zero-order valence-corrected chi connectivity index (χ0v) is 12.5. The minimum absolute atomic E-state index is 0.0754. The number of nitrogens with one attached hydrogen (secondary N) is 2. The Morgan fingerprint density at radius 2 is 2.15 bits per heavy atom. The van der Waals surface area contributed by atoms with Gasteiger partial charge in [-0.05, 0) is 28.9 Å². The van der Waals surface area contributed by atoms with Gasteiger partial charge in [0.15, 0.2) is 5.03 Å². The van der Waals surface area contributed by atoms with Gasteiger partial charge in [-0.25, -0.2) is 4.98 Å². The number of anilines is 1. The van der Waals surface area contributed by atoms with E-state index in [4.69, 9.17) is 0 Å². The molecular weight excluding hydrogens is 352 g/mol. The van der Waals surface area contributed by atoms with Crippen molar-refractivity contribution in [3.8, 4) is 0 Å². The van der Waals surface area contributed by atoms with E-state index in [1.165, 1.54) is 18.3 Å². The van der Waals surface area contributed by atoms with Gasteiger partial charge in [0.2, 0.25) is 0 Å². The molecule has 0 fully saturated rings. The number of rotatable bonds is 4. The van der Waals surface area contributed by atoms with Crippen molar-refractivity contribution in [2.45, 2.75) is 11.9 Å². The summed E-state index contributed by atoms with van der Waals surface area (Å²) in [5, 5.41) is 10.6. The van der Waals surface area contributed by atoms with Crippen molar-refractivity contribution in [3.63, 3.8) is 0 Å². The van der Waals surface area contributed by atoms with Gasteiger partial charge in [-0.1, -0.05) is 0 Å². The Labute approximate surface area is 122 Å². The van der Waals surface area contributed by atoms with Gasteiger partial charge < -0.3 is 4.98 Å². The van der Waals surface area contributed by atoms with Crippen molar-refractivity contribution < 1.29 is 13.3 Å². The number of H-pyrrole nitrogens is 1. The van der Waals surface area contributed by atoms with Crippen molar-refractivity contribution >= 4 is 37.3 Å². The minimum atomic E-state index is -3.88. The third kappa shape index (κ3) is 2.96. The highest BCUT2D eigenvalue weighted by Crippen LogP contribution is 2.28. The SMILES string of the molecule is Cc1ncc(S(=O)(=O)Nc2cc([N+](=O)[O-])ccc2Br)[nH]1. The van der Waals surface area contributed by atoms with Gasteiger partial charge in [0, 0.05) is 16.6 Å². The van der Waals surface area contributed by atoms with E-state index in [-0.39, 0.29) is 16.4 Å². The van der Waals surface area contributed by atoms with Crippen LogP contribution in [0.4, 0.5) is 11.4 Å². The lowest BCUT2D eigenvalue weighted by Gasteiger charge is -2.07. The van der Waals surface area contributed by atoms with E-state index in [2.05, 4.69) is 30.6 Å². The molecular formula is C10H9BrN4O4S. The van der Waals surface area contributed by atoms with Crippen LogP contribution in [0, 0.1) is 17.0 Å². The highest BCUT2D eigenvalue weighted by molar-refractivity contribution is 9.10. The first kappa shape index (κ1) is 14.5. The second-order valence-electron chi connectivity index (χ2n) is 3.86. The average molecular weight is 361 g/mol. The molecule has 2 N–H and O–H groups in total. The smallest absolute Gasteiger partial charge is 0.279 e. The van der Waals surface area contributed by atoms with Crippen LogP contribution in [0.15, 0.2) is 33.9 Å². The molecule has 20 heavy (non-hydrogen) atoms. The number of hydrogen-bond acceptors (Lipinski definition) is 5. The van der Waals surface area contributed by atoms with Gasteiger partial charge in [-0.2, -0.15) is 8.42 Å². The summed E-state index contributed by atoms with van der Waals surface area (Å²) in [6.07, 6.45) is 1.17. The van der Waals surface area contributed by atoms with E-state index in [1.807, 2.05) is 0 Å². The van der Waals surface area contributed by atoms with Crippen LogP contribution in [0.25, 0.3) is 0 Å². The van der Waals surface area contributed by atoms with Crippen molar-refractivity contribution in [2.75, 3.05) is 4.72 Å². The first-order chi connectivity index (χ1) is 9.29. The largest absolute Gasteiger partial charge is 0.332 e. The number of sulfonamides is 1. The highest BCUT2D eigenvalue weighted by atomic mass is 79.9. The third-order valence-corrected chi connectivity index (χ3v) is 4.34. The number of aromatic nitrogens is 2. The Morgan fingerprint density at radius 3 is 2.70 bits per heavy atom. The van der Waals surface area contributed by atoms with Crippen molar-refractivity contribution in [2.24, 2.45) is 0 Å². The predicted octanol–water partition coefficient (Wildman–Crippen LogP) is 2.19. The Kier molecular flexibility index (Phi) is 3.77. The molecule has 106 valence electrons. The molecule has 0 aliphatic rings. The summed E-state index contributed by atoms with van der Waals surface area (Å²) in [6, 6.07) is 3.79. The summed E-state index contributed by atoms with van der Waals surface area (Å²) in [4.78, 5) is 16.5. The molecule has 0 atom stereocenters.